The van der Waals surface area contributed by atoms with E-state index in [2.05, 4.69) is 52.1 Å². The zero-order valence-corrected chi connectivity index (χ0v) is 18.1. The van der Waals surface area contributed by atoms with Crippen molar-refractivity contribution in [3.63, 3.8) is 0 Å². The molecular formula is C25H25N5O2. The largest absolute Gasteiger partial charge is 0.370 e. The smallest absolute Gasteiger partial charge is 0.250 e. The summed E-state index contributed by atoms with van der Waals surface area (Å²) >= 11 is 0. The third-order valence-electron chi connectivity index (χ3n) is 6.09. The number of aliphatic hydroxyl groups is 1. The molecule has 2 aromatic heterocycles. The van der Waals surface area contributed by atoms with Gasteiger partial charge in [0.1, 0.15) is 5.82 Å². The van der Waals surface area contributed by atoms with E-state index in [0.717, 1.165) is 28.0 Å². The van der Waals surface area contributed by atoms with E-state index >= 15 is 0 Å². The van der Waals surface area contributed by atoms with E-state index < -0.39 is 6.23 Å². The predicted octanol–water partition coefficient (Wildman–Crippen LogP) is 4.30. The van der Waals surface area contributed by atoms with Gasteiger partial charge in [-0.2, -0.15) is 10.2 Å². The molecule has 1 aliphatic rings. The molecule has 0 saturated heterocycles. The van der Waals surface area contributed by atoms with Crippen molar-refractivity contribution in [2.75, 3.05) is 0 Å². The molecule has 1 N–H and O–H groups in total. The first-order chi connectivity index (χ1) is 15.5. The maximum absolute atomic E-state index is 11.9. The fourth-order valence-corrected chi connectivity index (χ4v) is 4.37. The topological polar surface area (TPSA) is 84.8 Å². The highest BCUT2D eigenvalue weighted by Crippen LogP contribution is 2.35. The lowest BCUT2D eigenvalue weighted by Gasteiger charge is -2.25. The highest BCUT2D eigenvalue weighted by Gasteiger charge is 2.26. The summed E-state index contributed by atoms with van der Waals surface area (Å²) in [6.07, 6.45) is 1.70. The summed E-state index contributed by atoms with van der Waals surface area (Å²) in [7, 11) is 1.75. The quantitative estimate of drug-likeness (QED) is 0.527. The number of fused-ring (bicyclic) bond motifs is 1. The van der Waals surface area contributed by atoms with Gasteiger partial charge >= 0.3 is 0 Å². The van der Waals surface area contributed by atoms with Crippen LogP contribution in [0.4, 0.5) is 0 Å². The molecule has 7 nitrogen and oxygen atoms in total. The summed E-state index contributed by atoms with van der Waals surface area (Å²) in [5.41, 5.74) is 4.93. The van der Waals surface area contributed by atoms with Crippen molar-refractivity contribution in [3.8, 4) is 11.4 Å². The molecule has 3 atom stereocenters. The third-order valence-corrected chi connectivity index (χ3v) is 6.09. The van der Waals surface area contributed by atoms with Gasteiger partial charge in [0.25, 0.3) is 0 Å². The molecule has 0 fully saturated rings. The maximum Gasteiger partial charge on any atom is 0.250 e. The SMILES string of the molecule is CC1CC(O)N=NC1c1ccc2c(c1)nc(-c1ccc(=O)n(C)c1)n2Cc1ccccc1. The van der Waals surface area contributed by atoms with Gasteiger partial charge in [0.2, 0.25) is 5.56 Å². The number of aromatic nitrogens is 3. The molecule has 0 spiro atoms. The molecule has 3 heterocycles. The van der Waals surface area contributed by atoms with E-state index in [1.165, 1.54) is 5.56 Å². The molecule has 32 heavy (non-hydrogen) atoms. The van der Waals surface area contributed by atoms with Gasteiger partial charge in [-0.05, 0) is 35.2 Å². The van der Waals surface area contributed by atoms with Crippen LogP contribution in [0.3, 0.4) is 0 Å². The summed E-state index contributed by atoms with van der Waals surface area (Å²) < 4.78 is 3.76. The van der Waals surface area contributed by atoms with Gasteiger partial charge in [-0.15, -0.1) is 0 Å². The highest BCUT2D eigenvalue weighted by atomic mass is 16.3. The van der Waals surface area contributed by atoms with Gasteiger partial charge in [-0.3, -0.25) is 4.79 Å². The lowest BCUT2D eigenvalue weighted by atomic mass is 9.91. The predicted molar refractivity (Wildman–Crippen MR) is 123 cm³/mol. The monoisotopic (exact) mass is 427 g/mol. The zero-order chi connectivity index (χ0) is 22.2. The first kappa shape index (κ1) is 20.3. The molecular weight excluding hydrogens is 402 g/mol. The van der Waals surface area contributed by atoms with Crippen LogP contribution in [0.15, 0.2) is 81.9 Å². The Morgan fingerprint density at radius 1 is 1.06 bits per heavy atom. The Morgan fingerprint density at radius 3 is 2.62 bits per heavy atom. The van der Waals surface area contributed by atoms with Gasteiger partial charge < -0.3 is 14.2 Å². The van der Waals surface area contributed by atoms with E-state index in [1.54, 1.807) is 17.7 Å². The van der Waals surface area contributed by atoms with E-state index in [0.29, 0.717) is 13.0 Å². The number of benzene rings is 2. The van der Waals surface area contributed by atoms with Crippen molar-refractivity contribution in [2.24, 2.45) is 23.2 Å². The molecule has 0 radical (unpaired) electrons. The van der Waals surface area contributed by atoms with Crippen LogP contribution < -0.4 is 5.56 Å². The molecule has 7 heteroatoms. The van der Waals surface area contributed by atoms with Crippen molar-refractivity contribution in [2.45, 2.75) is 32.2 Å². The van der Waals surface area contributed by atoms with E-state index in [-0.39, 0.29) is 17.5 Å². The van der Waals surface area contributed by atoms with Gasteiger partial charge in [0.05, 0.1) is 17.1 Å². The van der Waals surface area contributed by atoms with E-state index in [9.17, 15) is 9.90 Å². The zero-order valence-electron chi connectivity index (χ0n) is 18.1. The second-order valence-corrected chi connectivity index (χ2v) is 8.49. The summed E-state index contributed by atoms with van der Waals surface area (Å²) in [6, 6.07) is 19.8. The standard InChI is InChI=1S/C25H25N5O2/c1-16-12-22(31)27-28-24(16)18-8-10-21-20(13-18)26-25(19-9-11-23(32)29(2)15-19)30(21)14-17-6-4-3-5-7-17/h3-11,13,15-16,22,24,31H,12,14H2,1-2H3. The average molecular weight is 428 g/mol. The average Bonchev–Trinajstić information content (AvgIpc) is 3.14. The summed E-state index contributed by atoms with van der Waals surface area (Å²) in [4.78, 5) is 16.9. The van der Waals surface area contributed by atoms with Crippen molar-refractivity contribution in [3.05, 3.63) is 88.3 Å². The van der Waals surface area contributed by atoms with Crippen LogP contribution in [0, 0.1) is 5.92 Å². The van der Waals surface area contributed by atoms with E-state index in [4.69, 9.17) is 4.98 Å². The molecule has 0 aliphatic carbocycles. The minimum atomic E-state index is -0.716. The number of hydrogen-bond acceptors (Lipinski definition) is 5. The Hall–Kier alpha value is -3.58. The van der Waals surface area contributed by atoms with Crippen LogP contribution in [0.2, 0.25) is 0 Å². The summed E-state index contributed by atoms with van der Waals surface area (Å²) in [5.74, 6) is 1.000. The second kappa shape index (κ2) is 8.16. The molecule has 4 aromatic rings. The fraction of sp³-hybridized carbons (Fsp3) is 0.280. The first-order valence-electron chi connectivity index (χ1n) is 10.8. The molecule has 0 amide bonds. The van der Waals surface area contributed by atoms with Crippen LogP contribution in [-0.2, 0) is 13.6 Å². The van der Waals surface area contributed by atoms with Crippen molar-refractivity contribution < 1.29 is 5.11 Å². The molecule has 2 aromatic carbocycles. The third kappa shape index (κ3) is 3.76. The first-order valence-corrected chi connectivity index (χ1v) is 10.8. The van der Waals surface area contributed by atoms with Crippen molar-refractivity contribution >= 4 is 11.0 Å². The number of rotatable bonds is 4. The Labute approximate surface area is 185 Å². The van der Waals surface area contributed by atoms with Gasteiger partial charge in [0, 0.05) is 37.8 Å². The van der Waals surface area contributed by atoms with E-state index in [1.807, 2.05) is 30.5 Å². The number of imidazole rings is 1. The Kier molecular flexibility index (Phi) is 5.19. The molecule has 0 bridgehead atoms. The Balaban J connectivity index is 1.65. The number of hydrogen-bond donors (Lipinski definition) is 1. The minimum absolute atomic E-state index is 0.0550. The van der Waals surface area contributed by atoms with Crippen LogP contribution in [0.25, 0.3) is 22.4 Å². The van der Waals surface area contributed by atoms with Gasteiger partial charge in [-0.1, -0.05) is 43.3 Å². The lowest BCUT2D eigenvalue weighted by Crippen LogP contribution is -2.19. The fourth-order valence-electron chi connectivity index (χ4n) is 4.37. The van der Waals surface area contributed by atoms with Gasteiger partial charge in [-0.25, -0.2) is 4.98 Å². The number of aliphatic hydroxyl groups excluding tert-OH is 1. The molecule has 162 valence electrons. The number of aryl methyl sites for hydroxylation is 1. The highest BCUT2D eigenvalue weighted by molar-refractivity contribution is 5.81. The summed E-state index contributed by atoms with van der Waals surface area (Å²) in [6.45, 7) is 2.75. The van der Waals surface area contributed by atoms with Crippen LogP contribution >= 0.6 is 0 Å². The molecule has 1 aliphatic heterocycles. The Morgan fingerprint density at radius 2 is 1.88 bits per heavy atom. The number of azo groups is 1. The van der Waals surface area contributed by atoms with Crippen LogP contribution in [0.1, 0.15) is 30.5 Å². The normalized spacial score (nSPS) is 20.7. The number of nitrogens with zero attached hydrogens (tertiary/aromatic N) is 5. The number of pyridine rings is 1. The molecule has 0 saturated carbocycles. The van der Waals surface area contributed by atoms with Crippen molar-refractivity contribution in [1.82, 2.24) is 14.1 Å². The molecule has 5 rings (SSSR count). The lowest BCUT2D eigenvalue weighted by molar-refractivity contribution is 0.117. The van der Waals surface area contributed by atoms with Crippen LogP contribution in [0.5, 0.6) is 0 Å². The Bertz CT molecular complexity index is 1360. The second-order valence-electron chi connectivity index (χ2n) is 8.49. The minimum Gasteiger partial charge on any atom is -0.370 e. The van der Waals surface area contributed by atoms with Crippen LogP contribution in [-0.4, -0.2) is 25.5 Å². The maximum atomic E-state index is 11.9. The van der Waals surface area contributed by atoms with Gasteiger partial charge in [0.15, 0.2) is 6.23 Å². The summed E-state index contributed by atoms with van der Waals surface area (Å²) in [5, 5.41) is 18.1. The molecule has 3 unspecified atom stereocenters. The van der Waals surface area contributed by atoms with Crippen molar-refractivity contribution in [1.29, 1.82) is 0 Å².